The Balaban J connectivity index is 1.97. The number of rotatable bonds is 3. The first kappa shape index (κ1) is 14.8. The van der Waals surface area contributed by atoms with Crippen LogP contribution >= 0.6 is 27.5 Å². The number of halogens is 3. The summed E-state index contributed by atoms with van der Waals surface area (Å²) < 4.78 is 19.1. The highest BCUT2D eigenvalue weighted by molar-refractivity contribution is 9.10. The van der Waals surface area contributed by atoms with E-state index in [0.29, 0.717) is 4.47 Å². The highest BCUT2D eigenvalue weighted by Gasteiger charge is 2.11. The summed E-state index contributed by atoms with van der Waals surface area (Å²) in [5.41, 5.74) is 0.847. The van der Waals surface area contributed by atoms with Crippen LogP contribution in [0.2, 0.25) is 5.02 Å². The SMILES string of the molecule is O=C(Nc1cc(Br)c(Cl)cc1F)OCc1ccccc1. The van der Waals surface area contributed by atoms with E-state index in [1.807, 2.05) is 30.3 Å². The molecule has 0 saturated carbocycles. The van der Waals surface area contributed by atoms with Crippen LogP contribution in [0.25, 0.3) is 0 Å². The normalized spacial score (nSPS) is 10.2. The lowest BCUT2D eigenvalue weighted by Crippen LogP contribution is -2.14. The molecule has 0 fully saturated rings. The van der Waals surface area contributed by atoms with E-state index in [1.54, 1.807) is 0 Å². The topological polar surface area (TPSA) is 38.3 Å². The number of anilines is 1. The summed E-state index contributed by atoms with van der Waals surface area (Å²) in [4.78, 5) is 11.6. The maximum absolute atomic E-state index is 13.6. The van der Waals surface area contributed by atoms with Crippen LogP contribution in [-0.4, -0.2) is 6.09 Å². The molecule has 0 aliphatic rings. The summed E-state index contributed by atoms with van der Waals surface area (Å²) in [6.07, 6.45) is -0.734. The van der Waals surface area contributed by atoms with Gasteiger partial charge >= 0.3 is 6.09 Å². The van der Waals surface area contributed by atoms with Crippen LogP contribution in [-0.2, 0) is 11.3 Å². The minimum absolute atomic E-state index is 0.000614. The summed E-state index contributed by atoms with van der Waals surface area (Å²) in [6.45, 7) is 0.114. The number of benzene rings is 2. The van der Waals surface area contributed by atoms with Crippen molar-refractivity contribution < 1.29 is 13.9 Å². The molecule has 2 aromatic rings. The fourth-order valence-electron chi connectivity index (χ4n) is 1.49. The highest BCUT2D eigenvalue weighted by atomic mass is 79.9. The van der Waals surface area contributed by atoms with E-state index in [9.17, 15) is 9.18 Å². The fraction of sp³-hybridized carbons (Fsp3) is 0.0714. The molecule has 0 saturated heterocycles. The molecule has 2 aromatic carbocycles. The Labute approximate surface area is 128 Å². The molecule has 1 N–H and O–H groups in total. The van der Waals surface area contributed by atoms with Gasteiger partial charge in [0.2, 0.25) is 0 Å². The Hall–Kier alpha value is -1.59. The first-order chi connectivity index (χ1) is 9.56. The van der Waals surface area contributed by atoms with E-state index in [2.05, 4.69) is 21.2 Å². The molecule has 0 radical (unpaired) electrons. The predicted molar refractivity (Wildman–Crippen MR) is 79.4 cm³/mol. The van der Waals surface area contributed by atoms with Crippen LogP contribution in [0.3, 0.4) is 0 Å². The van der Waals surface area contributed by atoms with Crippen molar-refractivity contribution >= 4 is 39.3 Å². The second-order valence-electron chi connectivity index (χ2n) is 3.93. The average Bonchev–Trinajstić information content (AvgIpc) is 2.44. The molecular formula is C14H10BrClFNO2. The number of hydrogen-bond donors (Lipinski definition) is 1. The molecule has 2 rings (SSSR count). The first-order valence-electron chi connectivity index (χ1n) is 5.68. The van der Waals surface area contributed by atoms with Gasteiger partial charge in [0.25, 0.3) is 0 Å². The van der Waals surface area contributed by atoms with E-state index < -0.39 is 11.9 Å². The number of ether oxygens (including phenoxy) is 1. The summed E-state index contributed by atoms with van der Waals surface area (Å²) in [5.74, 6) is -0.630. The quantitative estimate of drug-likeness (QED) is 0.785. The number of nitrogens with one attached hydrogen (secondary N) is 1. The van der Waals surface area contributed by atoms with Crippen molar-refractivity contribution in [2.75, 3.05) is 5.32 Å². The predicted octanol–water partition coefficient (Wildman–Crippen LogP) is 4.99. The molecule has 104 valence electrons. The fourth-order valence-corrected chi connectivity index (χ4v) is 1.98. The van der Waals surface area contributed by atoms with Gasteiger partial charge in [0, 0.05) is 4.47 Å². The minimum atomic E-state index is -0.734. The molecule has 0 spiro atoms. The molecule has 0 aromatic heterocycles. The van der Waals surface area contributed by atoms with E-state index >= 15 is 0 Å². The van der Waals surface area contributed by atoms with Gasteiger partial charge in [-0.15, -0.1) is 0 Å². The van der Waals surface area contributed by atoms with Gasteiger partial charge in [-0.05, 0) is 33.6 Å². The third kappa shape index (κ3) is 3.95. The molecule has 6 heteroatoms. The summed E-state index contributed by atoms with van der Waals surface area (Å²) in [7, 11) is 0. The third-order valence-electron chi connectivity index (χ3n) is 2.46. The smallest absolute Gasteiger partial charge is 0.412 e. The Morgan fingerprint density at radius 3 is 2.70 bits per heavy atom. The maximum atomic E-state index is 13.6. The van der Waals surface area contributed by atoms with Crippen LogP contribution in [0, 0.1) is 5.82 Å². The van der Waals surface area contributed by atoms with Crippen LogP contribution in [0.5, 0.6) is 0 Å². The van der Waals surface area contributed by atoms with E-state index in [0.717, 1.165) is 11.6 Å². The van der Waals surface area contributed by atoms with Crippen molar-refractivity contribution in [3.63, 3.8) is 0 Å². The van der Waals surface area contributed by atoms with Gasteiger partial charge in [-0.2, -0.15) is 0 Å². The highest BCUT2D eigenvalue weighted by Crippen LogP contribution is 2.28. The van der Waals surface area contributed by atoms with Gasteiger partial charge in [0.05, 0.1) is 10.7 Å². The molecule has 0 bridgehead atoms. The van der Waals surface area contributed by atoms with Gasteiger partial charge in [0.1, 0.15) is 12.4 Å². The first-order valence-corrected chi connectivity index (χ1v) is 6.85. The zero-order valence-corrected chi connectivity index (χ0v) is 12.5. The lowest BCUT2D eigenvalue weighted by atomic mass is 10.2. The van der Waals surface area contributed by atoms with Crippen LogP contribution in [0.15, 0.2) is 46.9 Å². The van der Waals surface area contributed by atoms with Gasteiger partial charge < -0.3 is 4.74 Å². The average molecular weight is 359 g/mol. The Morgan fingerprint density at radius 1 is 1.30 bits per heavy atom. The second-order valence-corrected chi connectivity index (χ2v) is 5.19. The van der Waals surface area contributed by atoms with E-state index in [4.69, 9.17) is 16.3 Å². The molecule has 0 heterocycles. The summed E-state index contributed by atoms with van der Waals surface area (Å²) in [5, 5.41) is 2.55. The third-order valence-corrected chi connectivity index (χ3v) is 3.66. The Morgan fingerprint density at radius 2 is 2.00 bits per heavy atom. The number of amides is 1. The molecular weight excluding hydrogens is 349 g/mol. The van der Waals surface area contributed by atoms with Crippen molar-refractivity contribution in [2.24, 2.45) is 0 Å². The molecule has 20 heavy (non-hydrogen) atoms. The molecule has 0 unspecified atom stereocenters. The van der Waals surface area contributed by atoms with Gasteiger partial charge in [-0.25, -0.2) is 9.18 Å². The zero-order valence-electron chi connectivity index (χ0n) is 10.2. The standard InChI is InChI=1S/C14H10BrClFNO2/c15-10-6-13(12(17)7-11(10)16)18-14(19)20-8-9-4-2-1-3-5-9/h1-7H,8H2,(H,18,19). The van der Waals surface area contributed by atoms with Crippen molar-refractivity contribution in [1.29, 1.82) is 0 Å². The van der Waals surface area contributed by atoms with Crippen molar-refractivity contribution in [2.45, 2.75) is 6.61 Å². The summed E-state index contributed by atoms with van der Waals surface area (Å²) >= 11 is 8.89. The Bertz CT molecular complexity index is 622. The van der Waals surface area contributed by atoms with Crippen molar-refractivity contribution in [3.8, 4) is 0 Å². The maximum Gasteiger partial charge on any atom is 0.412 e. The summed E-state index contributed by atoms with van der Waals surface area (Å²) in [6, 6.07) is 11.7. The lowest BCUT2D eigenvalue weighted by Gasteiger charge is -2.09. The van der Waals surface area contributed by atoms with Gasteiger partial charge in [-0.1, -0.05) is 41.9 Å². The minimum Gasteiger partial charge on any atom is -0.444 e. The number of hydrogen-bond acceptors (Lipinski definition) is 2. The largest absolute Gasteiger partial charge is 0.444 e. The number of carbonyl (C=O) groups is 1. The molecule has 0 atom stereocenters. The second kappa shape index (κ2) is 6.72. The molecule has 0 aliphatic heterocycles. The van der Waals surface area contributed by atoms with Crippen LogP contribution in [0.4, 0.5) is 14.9 Å². The van der Waals surface area contributed by atoms with Crippen LogP contribution in [0.1, 0.15) is 5.56 Å². The Kier molecular flexibility index (Phi) is 4.98. The van der Waals surface area contributed by atoms with E-state index in [1.165, 1.54) is 6.07 Å². The van der Waals surface area contributed by atoms with Gasteiger partial charge in [0.15, 0.2) is 0 Å². The van der Waals surface area contributed by atoms with Crippen molar-refractivity contribution in [1.82, 2.24) is 0 Å². The zero-order chi connectivity index (χ0) is 14.5. The van der Waals surface area contributed by atoms with Crippen molar-refractivity contribution in [3.05, 3.63) is 63.3 Å². The molecule has 1 amide bonds. The lowest BCUT2D eigenvalue weighted by molar-refractivity contribution is 0.155. The van der Waals surface area contributed by atoms with Gasteiger partial charge in [-0.3, -0.25) is 5.32 Å². The monoisotopic (exact) mass is 357 g/mol. The molecule has 0 aliphatic carbocycles. The van der Waals surface area contributed by atoms with E-state index in [-0.39, 0.29) is 17.3 Å². The molecule has 3 nitrogen and oxygen atoms in total. The van der Waals surface area contributed by atoms with Crippen LogP contribution < -0.4 is 5.32 Å². The number of carbonyl (C=O) groups excluding carboxylic acids is 1.